The van der Waals surface area contributed by atoms with Crippen molar-refractivity contribution in [2.75, 3.05) is 6.54 Å². The third kappa shape index (κ3) is 2.22. The minimum atomic E-state index is 0.441. The highest BCUT2D eigenvalue weighted by Gasteiger charge is 2.24. The summed E-state index contributed by atoms with van der Waals surface area (Å²) in [5.41, 5.74) is 2.44. The molecule has 0 fully saturated rings. The molecule has 2 rings (SSSR count). The van der Waals surface area contributed by atoms with Crippen LogP contribution in [-0.2, 0) is 6.42 Å². The Kier molecular flexibility index (Phi) is 3.49. The van der Waals surface area contributed by atoms with Crippen LogP contribution in [0.1, 0.15) is 43.9 Å². The van der Waals surface area contributed by atoms with E-state index >= 15 is 0 Å². The zero-order chi connectivity index (χ0) is 11.5. The van der Waals surface area contributed by atoms with E-state index in [0.29, 0.717) is 11.8 Å². The van der Waals surface area contributed by atoms with Crippen LogP contribution in [-0.4, -0.2) is 11.7 Å². The van der Waals surface area contributed by atoms with Crippen molar-refractivity contribution in [3.63, 3.8) is 0 Å². The van der Waals surface area contributed by atoms with Crippen LogP contribution < -0.4 is 5.32 Å². The molecular formula is C14H21NO. The number of hydrogen-bond acceptors (Lipinski definition) is 2. The van der Waals surface area contributed by atoms with Gasteiger partial charge in [0.2, 0.25) is 0 Å². The lowest BCUT2D eigenvalue weighted by molar-refractivity contribution is 0.443. The summed E-state index contributed by atoms with van der Waals surface area (Å²) in [4.78, 5) is 0. The Morgan fingerprint density at radius 2 is 2.31 bits per heavy atom. The smallest absolute Gasteiger partial charge is 0.119 e. The summed E-state index contributed by atoms with van der Waals surface area (Å²) in [7, 11) is 0. The fourth-order valence-corrected chi connectivity index (χ4v) is 2.33. The lowest BCUT2D eigenvalue weighted by Gasteiger charge is -2.17. The highest BCUT2D eigenvalue weighted by Crippen LogP contribution is 2.36. The number of aromatic hydroxyl groups is 1. The van der Waals surface area contributed by atoms with Crippen molar-refractivity contribution in [2.24, 2.45) is 5.92 Å². The predicted molar refractivity (Wildman–Crippen MR) is 66.6 cm³/mol. The van der Waals surface area contributed by atoms with E-state index in [-0.39, 0.29) is 0 Å². The maximum atomic E-state index is 9.74. The number of phenols is 1. The third-order valence-electron chi connectivity index (χ3n) is 3.66. The van der Waals surface area contributed by atoms with Gasteiger partial charge in [0.15, 0.2) is 0 Å². The van der Waals surface area contributed by atoms with Gasteiger partial charge >= 0.3 is 0 Å². The molecule has 2 N–H and O–H groups in total. The first-order valence-electron chi connectivity index (χ1n) is 6.26. The Bertz CT molecular complexity index is 362. The molecular weight excluding hydrogens is 198 g/mol. The second-order valence-corrected chi connectivity index (χ2v) is 4.86. The summed E-state index contributed by atoms with van der Waals surface area (Å²) >= 11 is 0. The summed E-state index contributed by atoms with van der Waals surface area (Å²) in [6.45, 7) is 5.56. The Balaban J connectivity index is 2.03. The minimum absolute atomic E-state index is 0.441. The molecule has 1 aromatic rings. The fraction of sp³-hybridized carbons (Fsp3) is 0.571. The minimum Gasteiger partial charge on any atom is -0.508 e. The molecule has 0 heterocycles. The van der Waals surface area contributed by atoms with Crippen molar-refractivity contribution >= 4 is 0 Å². The molecule has 88 valence electrons. The van der Waals surface area contributed by atoms with Crippen LogP contribution in [0.25, 0.3) is 0 Å². The Hall–Kier alpha value is -1.02. The Morgan fingerprint density at radius 3 is 3.06 bits per heavy atom. The first-order valence-corrected chi connectivity index (χ1v) is 6.26. The quantitative estimate of drug-likeness (QED) is 0.816. The Labute approximate surface area is 97.7 Å². The van der Waals surface area contributed by atoms with E-state index in [1.807, 2.05) is 6.07 Å². The van der Waals surface area contributed by atoms with E-state index in [0.717, 1.165) is 30.9 Å². The molecule has 0 saturated heterocycles. The molecule has 1 aliphatic rings. The van der Waals surface area contributed by atoms with Crippen molar-refractivity contribution in [3.8, 4) is 5.75 Å². The van der Waals surface area contributed by atoms with Crippen LogP contribution >= 0.6 is 0 Å². The summed E-state index contributed by atoms with van der Waals surface area (Å²) in [6, 6.07) is 6.31. The third-order valence-corrected chi connectivity index (χ3v) is 3.66. The first kappa shape index (κ1) is 11.5. The molecule has 1 aromatic carbocycles. The zero-order valence-corrected chi connectivity index (χ0v) is 10.2. The van der Waals surface area contributed by atoms with Crippen molar-refractivity contribution in [2.45, 2.75) is 39.2 Å². The monoisotopic (exact) mass is 219 g/mol. The lowest BCUT2D eigenvalue weighted by atomic mass is 10.1. The van der Waals surface area contributed by atoms with Crippen LogP contribution in [0.3, 0.4) is 0 Å². The van der Waals surface area contributed by atoms with Gasteiger partial charge in [-0.05, 0) is 42.5 Å². The molecule has 16 heavy (non-hydrogen) atoms. The first-order chi connectivity index (χ1) is 7.72. The van der Waals surface area contributed by atoms with Crippen molar-refractivity contribution in [1.82, 2.24) is 5.32 Å². The average Bonchev–Trinajstić information content (AvgIpc) is 2.70. The van der Waals surface area contributed by atoms with Crippen molar-refractivity contribution in [3.05, 3.63) is 29.3 Å². The van der Waals surface area contributed by atoms with Gasteiger partial charge in [0, 0.05) is 6.04 Å². The van der Waals surface area contributed by atoms with Gasteiger partial charge in [-0.25, -0.2) is 0 Å². The maximum absolute atomic E-state index is 9.74. The molecule has 0 bridgehead atoms. The summed E-state index contributed by atoms with van der Waals surface area (Å²) < 4.78 is 0. The topological polar surface area (TPSA) is 32.3 Å². The molecule has 2 nitrogen and oxygen atoms in total. The number of fused-ring (bicyclic) bond motifs is 1. The number of hydrogen-bond donors (Lipinski definition) is 2. The highest BCUT2D eigenvalue weighted by atomic mass is 16.3. The van der Waals surface area contributed by atoms with E-state index in [4.69, 9.17) is 0 Å². The van der Waals surface area contributed by atoms with Crippen LogP contribution in [0.15, 0.2) is 18.2 Å². The van der Waals surface area contributed by atoms with Gasteiger partial charge in [-0.2, -0.15) is 0 Å². The van der Waals surface area contributed by atoms with E-state index in [1.54, 1.807) is 6.07 Å². The molecule has 1 aliphatic carbocycles. The summed E-state index contributed by atoms with van der Waals surface area (Å²) in [5, 5.41) is 13.3. The van der Waals surface area contributed by atoms with Crippen LogP contribution in [0.4, 0.5) is 0 Å². The van der Waals surface area contributed by atoms with Gasteiger partial charge in [0.05, 0.1) is 0 Å². The van der Waals surface area contributed by atoms with Crippen LogP contribution in [0.5, 0.6) is 5.75 Å². The van der Waals surface area contributed by atoms with E-state index in [2.05, 4.69) is 25.2 Å². The maximum Gasteiger partial charge on any atom is 0.119 e. The molecule has 0 radical (unpaired) electrons. The number of rotatable bonds is 4. The van der Waals surface area contributed by atoms with Crippen molar-refractivity contribution in [1.29, 1.82) is 0 Å². The number of benzene rings is 1. The van der Waals surface area contributed by atoms with E-state index in [9.17, 15) is 5.11 Å². The van der Waals surface area contributed by atoms with Gasteiger partial charge < -0.3 is 10.4 Å². The molecule has 0 saturated carbocycles. The normalized spacial score (nSPS) is 20.8. The lowest BCUT2D eigenvalue weighted by Crippen LogP contribution is -2.24. The molecule has 2 heteroatoms. The molecule has 2 unspecified atom stereocenters. The van der Waals surface area contributed by atoms with E-state index in [1.165, 1.54) is 12.0 Å². The molecule has 0 aromatic heterocycles. The van der Waals surface area contributed by atoms with Gasteiger partial charge in [-0.3, -0.25) is 0 Å². The van der Waals surface area contributed by atoms with Crippen LogP contribution in [0, 0.1) is 5.92 Å². The second-order valence-electron chi connectivity index (χ2n) is 4.86. The van der Waals surface area contributed by atoms with Gasteiger partial charge in [0.1, 0.15) is 5.75 Å². The van der Waals surface area contributed by atoms with Gasteiger partial charge in [0.25, 0.3) is 0 Å². The standard InChI is InChI=1S/C14H21NO/c1-3-10(2)9-15-13-8-7-12-11(13)5-4-6-14(12)16/h4-6,10,13,15-16H,3,7-9H2,1-2H3. The highest BCUT2D eigenvalue weighted by molar-refractivity contribution is 5.44. The Morgan fingerprint density at radius 1 is 1.50 bits per heavy atom. The average molecular weight is 219 g/mol. The number of phenolic OH excluding ortho intramolecular Hbond substituents is 1. The zero-order valence-electron chi connectivity index (χ0n) is 10.2. The summed E-state index contributed by atoms with van der Waals surface area (Å²) in [5.74, 6) is 1.19. The van der Waals surface area contributed by atoms with Crippen LogP contribution in [0.2, 0.25) is 0 Å². The van der Waals surface area contributed by atoms with Gasteiger partial charge in [-0.1, -0.05) is 32.4 Å². The molecule has 0 amide bonds. The van der Waals surface area contributed by atoms with Gasteiger partial charge in [-0.15, -0.1) is 0 Å². The second kappa shape index (κ2) is 4.88. The SMILES string of the molecule is CCC(C)CNC1CCc2c(O)cccc21. The van der Waals surface area contributed by atoms with Crippen molar-refractivity contribution < 1.29 is 5.11 Å². The predicted octanol–water partition coefficient (Wildman–Crippen LogP) is 3.02. The fourth-order valence-electron chi connectivity index (χ4n) is 2.33. The largest absolute Gasteiger partial charge is 0.508 e. The summed E-state index contributed by atoms with van der Waals surface area (Å²) in [6.07, 6.45) is 3.33. The molecule has 2 atom stereocenters. The van der Waals surface area contributed by atoms with E-state index < -0.39 is 0 Å². The molecule has 0 aliphatic heterocycles. The molecule has 0 spiro atoms. The number of nitrogens with one attached hydrogen (secondary N) is 1.